The van der Waals surface area contributed by atoms with Gasteiger partial charge in [0.05, 0.1) is 26.4 Å². The van der Waals surface area contributed by atoms with Crippen molar-refractivity contribution in [3.8, 4) is 0 Å². The van der Waals surface area contributed by atoms with Crippen LogP contribution in [0.5, 0.6) is 0 Å². The highest BCUT2D eigenvalue weighted by molar-refractivity contribution is 4.97. The molecule has 0 radical (unpaired) electrons. The Kier molecular flexibility index (Phi) is 12.8. The first kappa shape index (κ1) is 37.0. The number of aliphatic hydroxyl groups is 14. The summed E-state index contributed by atoms with van der Waals surface area (Å²) < 4.78 is 38.2. The second-order valence-corrected chi connectivity index (χ2v) is 11.1. The lowest BCUT2D eigenvalue weighted by molar-refractivity contribution is -0.403. The van der Waals surface area contributed by atoms with Crippen LogP contribution in [0.4, 0.5) is 0 Å². The Morgan fingerprint density at radius 1 is 0.333 bits per heavy atom. The topological polar surface area (TPSA) is 348 Å². The molecule has 0 spiro atoms. The van der Waals surface area contributed by atoms with E-state index in [1.165, 1.54) is 0 Å². The van der Waals surface area contributed by atoms with Gasteiger partial charge in [-0.2, -0.15) is 0 Å². The van der Waals surface area contributed by atoms with Crippen LogP contribution < -0.4 is 0 Å². The van der Waals surface area contributed by atoms with Crippen molar-refractivity contribution in [2.45, 2.75) is 123 Å². The molecular weight excluding hydrogens is 624 g/mol. The lowest BCUT2D eigenvalue weighted by Gasteiger charge is -2.49. The molecule has 4 rings (SSSR count). The van der Waals surface area contributed by atoms with Gasteiger partial charge >= 0.3 is 0 Å². The van der Waals surface area contributed by atoms with Gasteiger partial charge in [0.2, 0.25) is 0 Å². The van der Waals surface area contributed by atoms with Crippen LogP contribution in [0, 0.1) is 0 Å². The summed E-state index contributed by atoms with van der Waals surface area (Å²) >= 11 is 0. The molecule has 4 saturated heterocycles. The average Bonchev–Trinajstić information content (AvgIpc) is 3.03. The third kappa shape index (κ3) is 7.44. The van der Waals surface area contributed by atoms with Crippen LogP contribution in [-0.2, 0) is 33.2 Å². The summed E-state index contributed by atoms with van der Waals surface area (Å²) in [5.74, 6) is 0. The van der Waals surface area contributed by atoms with E-state index in [0.29, 0.717) is 0 Å². The van der Waals surface area contributed by atoms with Crippen molar-refractivity contribution in [1.29, 1.82) is 0 Å². The SMILES string of the molecule is OC[C@H]1O[C@H](O[C@@H]2[C@@H](O[C@@H]3[C@@H](O[C@H]4[C@H](O)[C@@H](CO)OC(O)[C@H]4O)O[C@H](CO)[C@@H](O)[C@@H]3O)O[C@H](CO)[C@@H](O)[C@@H]2O)[C@@H](O)[C@@H](O)[C@@H]1O. The van der Waals surface area contributed by atoms with Crippen molar-refractivity contribution < 1.29 is 105 Å². The minimum Gasteiger partial charge on any atom is -0.394 e. The summed E-state index contributed by atoms with van der Waals surface area (Å²) in [6, 6.07) is 0. The van der Waals surface area contributed by atoms with Crippen molar-refractivity contribution in [2.24, 2.45) is 0 Å². The van der Waals surface area contributed by atoms with Crippen LogP contribution in [-0.4, -0.2) is 221 Å². The van der Waals surface area contributed by atoms with Gasteiger partial charge in [0.15, 0.2) is 25.2 Å². The first-order valence-electron chi connectivity index (χ1n) is 14.1. The van der Waals surface area contributed by atoms with Gasteiger partial charge < -0.3 is 105 Å². The van der Waals surface area contributed by atoms with Gasteiger partial charge in [0.1, 0.15) is 97.7 Å². The average molecular weight is 667 g/mol. The van der Waals surface area contributed by atoms with Gasteiger partial charge in [-0.1, -0.05) is 0 Å². The Morgan fingerprint density at radius 3 is 1.13 bits per heavy atom. The van der Waals surface area contributed by atoms with Crippen molar-refractivity contribution in [2.75, 3.05) is 26.4 Å². The largest absolute Gasteiger partial charge is 0.394 e. The predicted octanol–water partition coefficient (Wildman–Crippen LogP) is -9.75. The summed E-state index contributed by atoms with van der Waals surface area (Å²) in [5.41, 5.74) is 0. The molecule has 4 fully saturated rings. The number of aliphatic hydroxyl groups excluding tert-OH is 14. The molecule has 4 heterocycles. The van der Waals surface area contributed by atoms with E-state index in [0.717, 1.165) is 0 Å². The summed E-state index contributed by atoms with van der Waals surface area (Å²) in [6.45, 7) is -3.45. The monoisotopic (exact) mass is 666 g/mol. The van der Waals surface area contributed by atoms with Gasteiger partial charge in [-0.15, -0.1) is 0 Å². The smallest absolute Gasteiger partial charge is 0.187 e. The van der Waals surface area contributed by atoms with E-state index >= 15 is 0 Å². The Bertz CT molecular complexity index is 916. The van der Waals surface area contributed by atoms with E-state index in [9.17, 15) is 71.5 Å². The molecule has 0 aliphatic carbocycles. The summed E-state index contributed by atoms with van der Waals surface area (Å²) in [6.07, 6.45) is -36.6. The Labute approximate surface area is 254 Å². The predicted molar refractivity (Wildman–Crippen MR) is 134 cm³/mol. The third-order valence-electron chi connectivity index (χ3n) is 8.21. The van der Waals surface area contributed by atoms with Gasteiger partial charge in [0.25, 0.3) is 0 Å². The number of ether oxygens (including phenoxy) is 7. The van der Waals surface area contributed by atoms with Gasteiger partial charge in [-0.25, -0.2) is 0 Å². The van der Waals surface area contributed by atoms with Crippen LogP contribution in [0.15, 0.2) is 0 Å². The van der Waals surface area contributed by atoms with Gasteiger partial charge in [-0.3, -0.25) is 0 Å². The van der Waals surface area contributed by atoms with Crippen molar-refractivity contribution in [3.63, 3.8) is 0 Å². The molecule has 21 heteroatoms. The van der Waals surface area contributed by atoms with E-state index < -0.39 is 149 Å². The molecular formula is C24H42O21. The zero-order valence-corrected chi connectivity index (χ0v) is 23.5. The summed E-state index contributed by atoms with van der Waals surface area (Å²) in [5, 5.41) is 143. The molecule has 0 amide bonds. The summed E-state index contributed by atoms with van der Waals surface area (Å²) in [4.78, 5) is 0. The Hall–Kier alpha value is -0.840. The highest BCUT2D eigenvalue weighted by Crippen LogP contribution is 2.34. The maximum absolute atomic E-state index is 11.0. The quantitative estimate of drug-likeness (QED) is 0.103. The second-order valence-electron chi connectivity index (χ2n) is 11.1. The maximum atomic E-state index is 11.0. The number of hydrogen-bond donors (Lipinski definition) is 14. The molecule has 14 N–H and O–H groups in total. The number of rotatable bonds is 10. The first-order chi connectivity index (χ1) is 21.3. The molecule has 0 aromatic rings. The van der Waals surface area contributed by atoms with Gasteiger partial charge in [-0.05, 0) is 0 Å². The Balaban J connectivity index is 1.63. The maximum Gasteiger partial charge on any atom is 0.187 e. The van der Waals surface area contributed by atoms with Crippen LogP contribution in [0.1, 0.15) is 0 Å². The van der Waals surface area contributed by atoms with Crippen LogP contribution in [0.25, 0.3) is 0 Å². The molecule has 0 aromatic heterocycles. The zero-order valence-electron chi connectivity index (χ0n) is 23.5. The molecule has 264 valence electrons. The van der Waals surface area contributed by atoms with E-state index in [2.05, 4.69) is 0 Å². The fourth-order valence-corrected chi connectivity index (χ4v) is 5.49. The molecule has 1 unspecified atom stereocenters. The molecule has 4 aliphatic rings. The molecule has 21 nitrogen and oxygen atoms in total. The molecule has 0 bridgehead atoms. The van der Waals surface area contributed by atoms with E-state index in [4.69, 9.17) is 33.2 Å². The minimum absolute atomic E-state index is 0.827. The lowest BCUT2D eigenvalue weighted by atomic mass is 9.96. The molecule has 20 atom stereocenters. The van der Waals surface area contributed by atoms with Crippen LogP contribution in [0.3, 0.4) is 0 Å². The van der Waals surface area contributed by atoms with E-state index in [1.54, 1.807) is 0 Å². The fourth-order valence-electron chi connectivity index (χ4n) is 5.49. The van der Waals surface area contributed by atoms with E-state index in [1.807, 2.05) is 0 Å². The molecule has 4 aliphatic heterocycles. The standard InChI is InChI=1S/C24H42O21/c25-1-5-9(29)13(33)16(36)22(40-5)44-19-14(34)10(30)7(3-27)42-24(19)45-20-15(35)11(31)6(2-26)41-23(20)43-18-12(32)8(4-28)39-21(38)17(18)37/h5-38H,1-4H2/t5-,6-,7-,8-,9-,10-,11-,12-,13+,14+,15+,16+,17+,18+,19+,20+,21?,22-,23-,24-/m1/s1. The number of hydrogen-bond acceptors (Lipinski definition) is 21. The third-order valence-corrected chi connectivity index (χ3v) is 8.21. The second kappa shape index (κ2) is 15.6. The summed E-state index contributed by atoms with van der Waals surface area (Å²) in [7, 11) is 0. The Morgan fingerprint density at radius 2 is 0.689 bits per heavy atom. The normalized spacial score (nSPS) is 52.9. The molecule has 0 saturated carbocycles. The van der Waals surface area contributed by atoms with Crippen LogP contribution >= 0.6 is 0 Å². The fraction of sp³-hybridized carbons (Fsp3) is 1.00. The zero-order chi connectivity index (χ0) is 33.3. The molecule has 0 aromatic carbocycles. The van der Waals surface area contributed by atoms with Crippen molar-refractivity contribution >= 4 is 0 Å². The first-order valence-corrected chi connectivity index (χ1v) is 14.1. The highest BCUT2D eigenvalue weighted by Gasteiger charge is 2.55. The van der Waals surface area contributed by atoms with Crippen molar-refractivity contribution in [3.05, 3.63) is 0 Å². The lowest BCUT2D eigenvalue weighted by Crippen LogP contribution is -2.68. The van der Waals surface area contributed by atoms with Crippen molar-refractivity contribution in [1.82, 2.24) is 0 Å². The van der Waals surface area contributed by atoms with Gasteiger partial charge in [0, 0.05) is 0 Å². The van der Waals surface area contributed by atoms with E-state index in [-0.39, 0.29) is 0 Å². The molecule has 45 heavy (non-hydrogen) atoms. The minimum atomic E-state index is -2.03. The van der Waals surface area contributed by atoms with Crippen LogP contribution in [0.2, 0.25) is 0 Å². The highest BCUT2D eigenvalue weighted by atomic mass is 16.8.